The SMILES string of the molecule is C=CCN(CCO)C(=O)c1ccc(S(C)(=O)=O)cc1. The normalized spacial score (nSPS) is 11.1. The summed E-state index contributed by atoms with van der Waals surface area (Å²) in [6.07, 6.45) is 2.68. The zero-order valence-corrected chi connectivity index (χ0v) is 11.6. The molecule has 0 aliphatic heterocycles. The summed E-state index contributed by atoms with van der Waals surface area (Å²) in [5, 5.41) is 8.90. The van der Waals surface area contributed by atoms with Gasteiger partial charge in [-0.3, -0.25) is 4.79 Å². The van der Waals surface area contributed by atoms with Crippen molar-refractivity contribution < 1.29 is 18.3 Å². The third-order valence-electron chi connectivity index (χ3n) is 2.54. The molecular weight excluding hydrogens is 266 g/mol. The molecule has 1 aromatic rings. The lowest BCUT2D eigenvalue weighted by Gasteiger charge is -2.20. The van der Waals surface area contributed by atoms with Crippen molar-refractivity contribution in [1.82, 2.24) is 4.90 Å². The fourth-order valence-electron chi connectivity index (χ4n) is 1.58. The number of amides is 1. The van der Waals surface area contributed by atoms with Crippen LogP contribution < -0.4 is 0 Å². The van der Waals surface area contributed by atoms with E-state index in [-0.39, 0.29) is 24.0 Å². The average Bonchev–Trinajstić information content (AvgIpc) is 2.37. The molecule has 1 rings (SSSR count). The second kappa shape index (κ2) is 6.49. The third kappa shape index (κ3) is 4.18. The Morgan fingerprint density at radius 2 is 1.95 bits per heavy atom. The summed E-state index contributed by atoms with van der Waals surface area (Å²) >= 11 is 0. The molecule has 0 aromatic heterocycles. The van der Waals surface area contributed by atoms with Gasteiger partial charge in [0.05, 0.1) is 11.5 Å². The van der Waals surface area contributed by atoms with E-state index >= 15 is 0 Å². The Balaban J connectivity index is 2.96. The average molecular weight is 283 g/mol. The molecule has 0 unspecified atom stereocenters. The molecule has 1 amide bonds. The van der Waals surface area contributed by atoms with Crippen LogP contribution in [-0.2, 0) is 9.84 Å². The Labute approximate surface area is 113 Å². The minimum atomic E-state index is -3.27. The summed E-state index contributed by atoms with van der Waals surface area (Å²) in [5.74, 6) is -0.269. The highest BCUT2D eigenvalue weighted by Gasteiger charge is 2.15. The van der Waals surface area contributed by atoms with E-state index in [4.69, 9.17) is 5.11 Å². The van der Waals surface area contributed by atoms with Gasteiger partial charge in [-0.25, -0.2) is 8.42 Å². The summed E-state index contributed by atoms with van der Waals surface area (Å²) in [5.41, 5.74) is 0.378. The van der Waals surface area contributed by atoms with Crippen molar-refractivity contribution in [3.05, 3.63) is 42.5 Å². The van der Waals surface area contributed by atoms with E-state index in [0.29, 0.717) is 12.1 Å². The minimum absolute atomic E-state index is 0.138. The molecule has 1 aromatic carbocycles. The predicted molar refractivity (Wildman–Crippen MR) is 72.7 cm³/mol. The zero-order chi connectivity index (χ0) is 14.5. The molecule has 0 aliphatic rings. The number of aliphatic hydroxyl groups is 1. The summed E-state index contributed by atoms with van der Waals surface area (Å²) in [6.45, 7) is 3.95. The number of carbonyl (C=O) groups excluding carboxylic acids is 1. The number of aliphatic hydroxyl groups excluding tert-OH is 1. The molecule has 6 heteroatoms. The number of rotatable bonds is 6. The van der Waals surface area contributed by atoms with Gasteiger partial charge in [0.2, 0.25) is 0 Å². The van der Waals surface area contributed by atoms with Crippen LogP contribution >= 0.6 is 0 Å². The van der Waals surface area contributed by atoms with Gasteiger partial charge in [-0.15, -0.1) is 6.58 Å². The highest BCUT2D eigenvalue weighted by molar-refractivity contribution is 7.90. The fraction of sp³-hybridized carbons (Fsp3) is 0.308. The number of hydrogen-bond donors (Lipinski definition) is 1. The molecule has 0 heterocycles. The van der Waals surface area contributed by atoms with Crippen molar-refractivity contribution in [3.8, 4) is 0 Å². The molecule has 0 saturated heterocycles. The van der Waals surface area contributed by atoms with Crippen molar-refractivity contribution >= 4 is 15.7 Å². The van der Waals surface area contributed by atoms with Gasteiger partial charge in [-0.2, -0.15) is 0 Å². The quantitative estimate of drug-likeness (QED) is 0.780. The van der Waals surface area contributed by atoms with E-state index in [1.54, 1.807) is 6.08 Å². The Kier molecular flexibility index (Phi) is 5.26. The lowest BCUT2D eigenvalue weighted by Crippen LogP contribution is -2.33. The summed E-state index contributed by atoms with van der Waals surface area (Å²) in [4.78, 5) is 13.7. The first-order chi connectivity index (χ1) is 8.90. The molecule has 0 aliphatic carbocycles. The first-order valence-electron chi connectivity index (χ1n) is 5.71. The van der Waals surface area contributed by atoms with Gasteiger partial charge < -0.3 is 10.0 Å². The Hall–Kier alpha value is -1.66. The number of hydrogen-bond acceptors (Lipinski definition) is 4. The van der Waals surface area contributed by atoms with E-state index in [9.17, 15) is 13.2 Å². The fourth-order valence-corrected chi connectivity index (χ4v) is 2.21. The van der Waals surface area contributed by atoms with Gasteiger partial charge in [0, 0.05) is 24.9 Å². The van der Waals surface area contributed by atoms with E-state index in [1.807, 2.05) is 0 Å². The van der Waals surface area contributed by atoms with Crippen LogP contribution in [0.3, 0.4) is 0 Å². The highest BCUT2D eigenvalue weighted by Crippen LogP contribution is 2.12. The first-order valence-corrected chi connectivity index (χ1v) is 7.60. The van der Waals surface area contributed by atoms with E-state index in [2.05, 4.69) is 6.58 Å². The maximum atomic E-state index is 12.1. The van der Waals surface area contributed by atoms with Crippen LogP contribution in [0.15, 0.2) is 41.8 Å². The molecule has 0 saturated carbocycles. The van der Waals surface area contributed by atoms with Gasteiger partial charge in [-0.05, 0) is 24.3 Å². The monoisotopic (exact) mass is 283 g/mol. The number of carbonyl (C=O) groups is 1. The van der Waals surface area contributed by atoms with Crippen molar-refractivity contribution in [2.45, 2.75) is 4.90 Å². The molecule has 0 atom stereocenters. The molecule has 0 bridgehead atoms. The highest BCUT2D eigenvalue weighted by atomic mass is 32.2. The zero-order valence-electron chi connectivity index (χ0n) is 10.7. The van der Waals surface area contributed by atoms with Crippen molar-refractivity contribution in [2.75, 3.05) is 26.0 Å². The topological polar surface area (TPSA) is 74.7 Å². The molecule has 0 fully saturated rings. The second-order valence-corrected chi connectivity index (χ2v) is 6.08. The molecule has 5 nitrogen and oxygen atoms in total. The van der Waals surface area contributed by atoms with Crippen LogP contribution in [0, 0.1) is 0 Å². The van der Waals surface area contributed by atoms with Crippen LogP contribution in [0.25, 0.3) is 0 Å². The van der Waals surface area contributed by atoms with Crippen LogP contribution in [0.4, 0.5) is 0 Å². The van der Waals surface area contributed by atoms with Crippen LogP contribution in [0.1, 0.15) is 10.4 Å². The molecule has 0 radical (unpaired) electrons. The first kappa shape index (κ1) is 15.4. The van der Waals surface area contributed by atoms with E-state index < -0.39 is 9.84 Å². The van der Waals surface area contributed by atoms with Crippen molar-refractivity contribution in [3.63, 3.8) is 0 Å². The van der Waals surface area contributed by atoms with Gasteiger partial charge in [0.25, 0.3) is 5.91 Å². The molecule has 1 N–H and O–H groups in total. The smallest absolute Gasteiger partial charge is 0.254 e. The number of sulfone groups is 1. The van der Waals surface area contributed by atoms with Crippen LogP contribution in [-0.4, -0.2) is 50.3 Å². The second-order valence-electron chi connectivity index (χ2n) is 4.06. The maximum absolute atomic E-state index is 12.1. The third-order valence-corrected chi connectivity index (χ3v) is 3.66. The lowest BCUT2D eigenvalue weighted by molar-refractivity contribution is 0.0743. The van der Waals surface area contributed by atoms with E-state index in [0.717, 1.165) is 6.26 Å². The number of nitrogens with zero attached hydrogens (tertiary/aromatic N) is 1. The Bertz CT molecular complexity index is 549. The Morgan fingerprint density at radius 1 is 1.37 bits per heavy atom. The molecular formula is C13H17NO4S. The summed E-state index contributed by atoms with van der Waals surface area (Å²) in [6, 6.07) is 5.72. The number of benzene rings is 1. The maximum Gasteiger partial charge on any atom is 0.254 e. The summed E-state index contributed by atoms with van der Waals surface area (Å²) in [7, 11) is -3.27. The van der Waals surface area contributed by atoms with Crippen LogP contribution in [0.2, 0.25) is 0 Å². The molecule has 19 heavy (non-hydrogen) atoms. The predicted octanol–water partition coefficient (Wildman–Crippen LogP) is 0.711. The van der Waals surface area contributed by atoms with Gasteiger partial charge >= 0.3 is 0 Å². The Morgan fingerprint density at radius 3 is 2.37 bits per heavy atom. The van der Waals surface area contributed by atoms with Gasteiger partial charge in [0.15, 0.2) is 9.84 Å². The summed E-state index contributed by atoms with van der Waals surface area (Å²) < 4.78 is 22.6. The molecule has 104 valence electrons. The van der Waals surface area contributed by atoms with E-state index in [1.165, 1.54) is 29.2 Å². The van der Waals surface area contributed by atoms with Gasteiger partial charge in [-0.1, -0.05) is 6.08 Å². The largest absolute Gasteiger partial charge is 0.395 e. The lowest BCUT2D eigenvalue weighted by atomic mass is 10.2. The minimum Gasteiger partial charge on any atom is -0.395 e. The van der Waals surface area contributed by atoms with Crippen molar-refractivity contribution in [1.29, 1.82) is 0 Å². The van der Waals surface area contributed by atoms with Gasteiger partial charge in [0.1, 0.15) is 0 Å². The van der Waals surface area contributed by atoms with Crippen molar-refractivity contribution in [2.24, 2.45) is 0 Å². The van der Waals surface area contributed by atoms with Crippen LogP contribution in [0.5, 0.6) is 0 Å². The molecule has 0 spiro atoms. The standard InChI is InChI=1S/C13H17NO4S/c1-3-8-14(9-10-15)13(16)11-4-6-12(7-5-11)19(2,17)18/h3-7,15H,1,8-10H2,2H3.